The zero-order chi connectivity index (χ0) is 15.1. The average molecular weight is 299 g/mol. The van der Waals surface area contributed by atoms with Gasteiger partial charge in [0, 0.05) is 5.56 Å². The molecular formula is C16H15ClN4. The summed E-state index contributed by atoms with van der Waals surface area (Å²) in [5, 5.41) is 8.00. The van der Waals surface area contributed by atoms with Crippen LogP contribution >= 0.6 is 11.6 Å². The number of amidine groups is 1. The normalized spacial score (nSPS) is 11.0. The Morgan fingerprint density at radius 3 is 2.57 bits per heavy atom. The second-order valence-corrected chi connectivity index (χ2v) is 5.53. The molecular weight excluding hydrogens is 284 g/mol. The molecule has 0 saturated heterocycles. The van der Waals surface area contributed by atoms with E-state index in [4.69, 9.17) is 22.7 Å². The number of nitrogens with two attached hydrogens (primary N) is 1. The number of aryl methyl sites for hydroxylation is 2. The SMILES string of the molecule is Cc1cc2ncn(-c3ccc(C(=N)N)cc3Cl)c2cc1C. The molecule has 0 aliphatic carbocycles. The molecule has 0 aliphatic heterocycles. The lowest BCUT2D eigenvalue weighted by Crippen LogP contribution is -2.11. The molecule has 0 bridgehead atoms. The van der Waals surface area contributed by atoms with Crippen molar-refractivity contribution >= 4 is 28.5 Å². The topological polar surface area (TPSA) is 67.7 Å². The molecule has 0 fully saturated rings. The minimum atomic E-state index is 0.00501. The lowest BCUT2D eigenvalue weighted by molar-refractivity contribution is 1.09. The highest BCUT2D eigenvalue weighted by Crippen LogP contribution is 2.27. The third-order valence-electron chi connectivity index (χ3n) is 3.68. The van der Waals surface area contributed by atoms with Crippen LogP contribution in [-0.4, -0.2) is 15.4 Å². The number of rotatable bonds is 2. The molecule has 21 heavy (non-hydrogen) atoms. The molecule has 0 radical (unpaired) electrons. The minimum absolute atomic E-state index is 0.00501. The van der Waals surface area contributed by atoms with Crippen LogP contribution in [0.25, 0.3) is 16.7 Å². The van der Waals surface area contributed by atoms with Crippen molar-refractivity contribution in [2.45, 2.75) is 13.8 Å². The molecule has 106 valence electrons. The second kappa shape index (κ2) is 4.90. The molecule has 1 heterocycles. The molecule has 3 aromatic rings. The van der Waals surface area contributed by atoms with Crippen molar-refractivity contribution in [1.29, 1.82) is 5.41 Å². The number of nitrogen functional groups attached to an aromatic ring is 1. The number of fused-ring (bicyclic) bond motifs is 1. The maximum atomic E-state index is 7.46. The molecule has 4 nitrogen and oxygen atoms in total. The number of nitrogens with one attached hydrogen (secondary N) is 1. The Kier molecular flexibility index (Phi) is 3.18. The molecule has 3 rings (SSSR count). The molecule has 3 N–H and O–H groups in total. The summed E-state index contributed by atoms with van der Waals surface area (Å²) in [4.78, 5) is 4.43. The highest BCUT2D eigenvalue weighted by Gasteiger charge is 2.10. The first kappa shape index (κ1) is 13.6. The third-order valence-corrected chi connectivity index (χ3v) is 3.98. The fraction of sp³-hybridized carbons (Fsp3) is 0.125. The summed E-state index contributed by atoms with van der Waals surface area (Å²) in [5.74, 6) is 0.00501. The lowest BCUT2D eigenvalue weighted by atomic mass is 10.1. The van der Waals surface area contributed by atoms with Crippen molar-refractivity contribution in [2.24, 2.45) is 5.73 Å². The van der Waals surface area contributed by atoms with E-state index >= 15 is 0 Å². The van der Waals surface area contributed by atoms with Crippen LogP contribution in [0.3, 0.4) is 0 Å². The maximum absolute atomic E-state index is 7.46. The van der Waals surface area contributed by atoms with Crippen molar-refractivity contribution in [3.63, 3.8) is 0 Å². The molecule has 2 aromatic carbocycles. The van der Waals surface area contributed by atoms with Crippen molar-refractivity contribution in [3.05, 3.63) is 58.4 Å². The summed E-state index contributed by atoms with van der Waals surface area (Å²) in [5.41, 5.74) is 11.3. The number of hydrogen-bond donors (Lipinski definition) is 2. The first-order valence-corrected chi connectivity index (χ1v) is 6.94. The first-order chi connectivity index (χ1) is 9.97. The minimum Gasteiger partial charge on any atom is -0.384 e. The molecule has 1 aromatic heterocycles. The van der Waals surface area contributed by atoms with Gasteiger partial charge in [-0.1, -0.05) is 11.6 Å². The summed E-state index contributed by atoms with van der Waals surface area (Å²) in [6.45, 7) is 4.15. The summed E-state index contributed by atoms with van der Waals surface area (Å²) in [7, 11) is 0. The van der Waals surface area contributed by atoms with Gasteiger partial charge in [-0.25, -0.2) is 4.98 Å². The van der Waals surface area contributed by atoms with Gasteiger partial charge in [0.25, 0.3) is 0 Å². The summed E-state index contributed by atoms with van der Waals surface area (Å²) >= 11 is 6.34. The van der Waals surface area contributed by atoms with E-state index in [0.717, 1.165) is 16.7 Å². The molecule has 0 spiro atoms. The Hall–Kier alpha value is -2.33. The van der Waals surface area contributed by atoms with Crippen molar-refractivity contribution in [1.82, 2.24) is 9.55 Å². The summed E-state index contributed by atoms with van der Waals surface area (Å²) in [6.07, 6.45) is 1.76. The van der Waals surface area contributed by atoms with Gasteiger partial charge in [-0.3, -0.25) is 9.98 Å². The Bertz CT molecular complexity index is 864. The zero-order valence-electron chi connectivity index (χ0n) is 11.8. The van der Waals surface area contributed by atoms with Crippen molar-refractivity contribution in [2.75, 3.05) is 0 Å². The first-order valence-electron chi connectivity index (χ1n) is 6.56. The van der Waals surface area contributed by atoms with Gasteiger partial charge in [0.15, 0.2) is 0 Å². The van der Waals surface area contributed by atoms with E-state index in [1.807, 2.05) is 10.6 Å². The Labute approximate surface area is 127 Å². The monoisotopic (exact) mass is 298 g/mol. The van der Waals surface area contributed by atoms with Crippen LogP contribution in [0.1, 0.15) is 16.7 Å². The van der Waals surface area contributed by atoms with E-state index in [9.17, 15) is 0 Å². The molecule has 0 aliphatic rings. The van der Waals surface area contributed by atoms with Gasteiger partial charge >= 0.3 is 0 Å². The van der Waals surface area contributed by atoms with Crippen LogP contribution in [-0.2, 0) is 0 Å². The second-order valence-electron chi connectivity index (χ2n) is 5.12. The predicted octanol–water partition coefficient (Wildman–Crippen LogP) is 3.58. The predicted molar refractivity (Wildman–Crippen MR) is 86.6 cm³/mol. The Balaban J connectivity index is 2.21. The van der Waals surface area contributed by atoms with Gasteiger partial charge < -0.3 is 5.73 Å². The fourth-order valence-corrected chi connectivity index (χ4v) is 2.60. The number of imidazole rings is 1. The summed E-state index contributed by atoms with van der Waals surface area (Å²) < 4.78 is 1.95. The van der Waals surface area contributed by atoms with Crippen molar-refractivity contribution in [3.8, 4) is 5.69 Å². The van der Waals surface area contributed by atoms with E-state index in [2.05, 4.69) is 31.0 Å². The number of hydrogen-bond acceptors (Lipinski definition) is 2. The van der Waals surface area contributed by atoms with Crippen LogP contribution in [0.5, 0.6) is 0 Å². The highest BCUT2D eigenvalue weighted by atomic mass is 35.5. The van der Waals surface area contributed by atoms with Gasteiger partial charge in [0.2, 0.25) is 0 Å². The van der Waals surface area contributed by atoms with Gasteiger partial charge in [0.1, 0.15) is 12.2 Å². The third kappa shape index (κ3) is 2.28. The van der Waals surface area contributed by atoms with Gasteiger partial charge in [-0.05, 0) is 55.3 Å². The quantitative estimate of drug-likeness (QED) is 0.561. The molecule has 0 unspecified atom stereocenters. The molecule has 0 atom stereocenters. The van der Waals surface area contributed by atoms with Crippen molar-refractivity contribution < 1.29 is 0 Å². The van der Waals surface area contributed by atoms with Crippen LogP contribution in [0.15, 0.2) is 36.7 Å². The maximum Gasteiger partial charge on any atom is 0.122 e. The van der Waals surface area contributed by atoms with Gasteiger partial charge in [-0.15, -0.1) is 0 Å². The van der Waals surface area contributed by atoms with E-state index in [-0.39, 0.29) is 5.84 Å². The van der Waals surface area contributed by atoms with Crippen LogP contribution in [0, 0.1) is 19.3 Å². The molecule has 0 saturated carbocycles. The molecule has 0 amide bonds. The number of benzene rings is 2. The van der Waals surface area contributed by atoms with Gasteiger partial charge in [-0.2, -0.15) is 0 Å². The van der Waals surface area contributed by atoms with E-state index in [0.29, 0.717) is 10.6 Å². The largest absolute Gasteiger partial charge is 0.384 e. The fourth-order valence-electron chi connectivity index (χ4n) is 2.33. The Morgan fingerprint density at radius 1 is 1.19 bits per heavy atom. The highest BCUT2D eigenvalue weighted by molar-refractivity contribution is 6.32. The lowest BCUT2D eigenvalue weighted by Gasteiger charge is -2.09. The number of aromatic nitrogens is 2. The Morgan fingerprint density at radius 2 is 1.90 bits per heavy atom. The van der Waals surface area contributed by atoms with E-state index in [1.54, 1.807) is 18.5 Å². The number of halogens is 1. The van der Waals surface area contributed by atoms with E-state index in [1.165, 1.54) is 11.1 Å². The van der Waals surface area contributed by atoms with Crippen LogP contribution in [0.2, 0.25) is 5.02 Å². The summed E-state index contributed by atoms with van der Waals surface area (Å²) in [6, 6.07) is 9.52. The standard InChI is InChI=1S/C16H15ClN4/c1-9-5-13-15(6-10(9)2)21(8-20-13)14-4-3-11(16(18)19)7-12(14)17/h3-8H,1-2H3,(H3,18,19). The van der Waals surface area contributed by atoms with Crippen LogP contribution in [0.4, 0.5) is 0 Å². The van der Waals surface area contributed by atoms with Crippen LogP contribution < -0.4 is 5.73 Å². The van der Waals surface area contributed by atoms with E-state index < -0.39 is 0 Å². The average Bonchev–Trinajstić information content (AvgIpc) is 2.82. The number of nitrogens with zero attached hydrogens (tertiary/aromatic N) is 2. The van der Waals surface area contributed by atoms with Gasteiger partial charge in [0.05, 0.1) is 21.7 Å². The zero-order valence-corrected chi connectivity index (χ0v) is 12.6. The smallest absolute Gasteiger partial charge is 0.122 e. The molecule has 5 heteroatoms.